The number of rotatable bonds is 1. The first-order valence-electron chi connectivity index (χ1n) is 8.60. The molecule has 0 bridgehead atoms. The molecule has 0 unspecified atom stereocenters. The Hall–Kier alpha value is -1.52. The molecule has 0 radical (unpaired) electrons. The van der Waals surface area contributed by atoms with Crippen LogP contribution in [0, 0.1) is 12.8 Å². The lowest BCUT2D eigenvalue weighted by Gasteiger charge is -2.29. The van der Waals surface area contributed by atoms with Crippen LogP contribution in [-0.2, 0) is 12.8 Å². The molecule has 1 aromatic carbocycles. The molecule has 0 fully saturated rings. The predicted molar refractivity (Wildman–Crippen MR) is 105 cm³/mol. The first-order valence-corrected chi connectivity index (χ1v) is 10.4. The lowest BCUT2D eigenvalue weighted by atomic mass is 9.88. The van der Waals surface area contributed by atoms with Crippen LogP contribution in [0.5, 0.6) is 0 Å². The monoisotopic (exact) mass is 352 g/mol. The standard InChI is InChI=1S/C20H20N2S2/c1-12-3-6-14(7-4-12)16-10-23-20-18-15-8-5-13(2)9-17(15)24-19(18)21-11-22(16)20/h3-4,6-7,10-11,13,20H,5,8-9H2,1-2H3/t13-,20-/m1/s1. The first-order chi connectivity index (χ1) is 11.7. The number of hydrogen-bond donors (Lipinski definition) is 0. The highest BCUT2D eigenvalue weighted by Gasteiger charge is 2.37. The summed E-state index contributed by atoms with van der Waals surface area (Å²) in [5.41, 5.74) is 6.96. The molecule has 122 valence electrons. The van der Waals surface area contributed by atoms with Gasteiger partial charge in [-0.2, -0.15) is 0 Å². The number of thioether (sulfide) groups is 1. The molecule has 0 saturated carbocycles. The zero-order valence-electron chi connectivity index (χ0n) is 14.0. The van der Waals surface area contributed by atoms with Gasteiger partial charge in [0.2, 0.25) is 0 Å². The summed E-state index contributed by atoms with van der Waals surface area (Å²) in [5.74, 6) is 0.815. The summed E-state index contributed by atoms with van der Waals surface area (Å²) in [6.45, 7) is 4.51. The van der Waals surface area contributed by atoms with E-state index < -0.39 is 0 Å². The second-order valence-electron chi connectivity index (χ2n) is 7.08. The number of aliphatic imine (C=N–C) groups is 1. The van der Waals surface area contributed by atoms with E-state index >= 15 is 0 Å². The molecule has 1 aliphatic carbocycles. The maximum atomic E-state index is 4.82. The molecule has 2 atom stereocenters. The van der Waals surface area contributed by atoms with Crippen LogP contribution in [0.3, 0.4) is 0 Å². The van der Waals surface area contributed by atoms with E-state index in [-0.39, 0.29) is 0 Å². The van der Waals surface area contributed by atoms with E-state index in [2.05, 4.69) is 48.4 Å². The second kappa shape index (κ2) is 5.50. The summed E-state index contributed by atoms with van der Waals surface area (Å²) in [5, 5.41) is 3.94. The molecule has 1 aromatic heterocycles. The van der Waals surface area contributed by atoms with E-state index in [0.29, 0.717) is 5.37 Å². The van der Waals surface area contributed by atoms with Gasteiger partial charge in [0, 0.05) is 10.4 Å². The zero-order valence-corrected chi connectivity index (χ0v) is 15.6. The van der Waals surface area contributed by atoms with Crippen molar-refractivity contribution in [2.45, 2.75) is 38.5 Å². The van der Waals surface area contributed by atoms with Crippen LogP contribution in [0.1, 0.15) is 45.8 Å². The van der Waals surface area contributed by atoms with Crippen molar-refractivity contribution in [1.82, 2.24) is 4.90 Å². The normalized spacial score (nSPS) is 24.4. The van der Waals surface area contributed by atoms with Crippen LogP contribution >= 0.6 is 23.1 Å². The molecule has 5 rings (SSSR count). The minimum atomic E-state index is 0.377. The highest BCUT2D eigenvalue weighted by Crippen LogP contribution is 2.55. The molecule has 2 aliphatic heterocycles. The highest BCUT2D eigenvalue weighted by molar-refractivity contribution is 8.02. The SMILES string of the molecule is Cc1ccc(C2=CS[C@@H]3c4c(sc5c4CC[C@@H](C)C5)N=CN23)cc1. The van der Waals surface area contributed by atoms with Gasteiger partial charge in [0.05, 0.1) is 12.0 Å². The molecular weight excluding hydrogens is 332 g/mol. The topological polar surface area (TPSA) is 15.6 Å². The van der Waals surface area contributed by atoms with Gasteiger partial charge >= 0.3 is 0 Å². The molecule has 0 saturated heterocycles. The van der Waals surface area contributed by atoms with E-state index in [0.717, 1.165) is 5.92 Å². The lowest BCUT2D eigenvalue weighted by molar-refractivity contribution is 0.500. The second-order valence-corrected chi connectivity index (χ2v) is 9.12. The van der Waals surface area contributed by atoms with Crippen LogP contribution in [0.25, 0.3) is 5.70 Å². The molecule has 24 heavy (non-hydrogen) atoms. The van der Waals surface area contributed by atoms with Crippen molar-refractivity contribution in [2.24, 2.45) is 10.9 Å². The number of thiophene rings is 1. The van der Waals surface area contributed by atoms with Gasteiger partial charge in [0.1, 0.15) is 10.4 Å². The van der Waals surface area contributed by atoms with Gasteiger partial charge in [-0.05, 0) is 48.6 Å². The third kappa shape index (κ3) is 2.20. The minimum Gasteiger partial charge on any atom is -0.314 e. The summed E-state index contributed by atoms with van der Waals surface area (Å²) >= 11 is 3.86. The Morgan fingerprint density at radius 1 is 1.21 bits per heavy atom. The number of nitrogens with zero attached hydrogens (tertiary/aromatic N) is 2. The van der Waals surface area contributed by atoms with Crippen molar-refractivity contribution in [3.8, 4) is 0 Å². The van der Waals surface area contributed by atoms with E-state index in [1.54, 1.807) is 10.4 Å². The number of aryl methyl sites for hydroxylation is 1. The van der Waals surface area contributed by atoms with Gasteiger partial charge in [-0.25, -0.2) is 4.99 Å². The van der Waals surface area contributed by atoms with E-state index in [4.69, 9.17) is 4.99 Å². The molecule has 0 amide bonds. The van der Waals surface area contributed by atoms with Gasteiger partial charge in [-0.1, -0.05) is 36.8 Å². The van der Waals surface area contributed by atoms with Crippen molar-refractivity contribution < 1.29 is 0 Å². The minimum absolute atomic E-state index is 0.377. The van der Waals surface area contributed by atoms with E-state index in [1.165, 1.54) is 46.7 Å². The maximum absolute atomic E-state index is 4.82. The van der Waals surface area contributed by atoms with Gasteiger partial charge in [-0.15, -0.1) is 23.1 Å². The Morgan fingerprint density at radius 2 is 2.04 bits per heavy atom. The molecule has 3 aliphatic rings. The Morgan fingerprint density at radius 3 is 2.88 bits per heavy atom. The van der Waals surface area contributed by atoms with Gasteiger partial charge in [-0.3, -0.25) is 0 Å². The summed E-state index contributed by atoms with van der Waals surface area (Å²) in [6.07, 6.45) is 5.82. The molecule has 0 spiro atoms. The number of fused-ring (bicyclic) bond motifs is 5. The number of hydrogen-bond acceptors (Lipinski definition) is 4. The average Bonchev–Trinajstić information content (AvgIpc) is 3.15. The smallest absolute Gasteiger partial charge is 0.124 e. The molecule has 0 N–H and O–H groups in total. The third-order valence-electron chi connectivity index (χ3n) is 5.27. The first kappa shape index (κ1) is 14.8. The lowest BCUT2D eigenvalue weighted by Crippen LogP contribution is -2.23. The van der Waals surface area contributed by atoms with E-state index in [1.807, 2.05) is 29.4 Å². The van der Waals surface area contributed by atoms with Gasteiger partial charge in [0.25, 0.3) is 0 Å². The zero-order chi connectivity index (χ0) is 16.3. The van der Waals surface area contributed by atoms with Crippen LogP contribution in [0.4, 0.5) is 5.00 Å². The fraction of sp³-hybridized carbons (Fsp3) is 0.350. The summed E-state index contributed by atoms with van der Waals surface area (Å²) in [6, 6.07) is 8.82. The van der Waals surface area contributed by atoms with Gasteiger partial charge in [0.15, 0.2) is 0 Å². The van der Waals surface area contributed by atoms with Crippen molar-refractivity contribution >= 4 is 40.1 Å². The summed E-state index contributed by atoms with van der Waals surface area (Å²) in [7, 11) is 0. The molecule has 4 heteroatoms. The fourth-order valence-electron chi connectivity index (χ4n) is 3.88. The Labute approximate surface area is 151 Å². The third-order valence-corrected chi connectivity index (χ3v) is 7.52. The average molecular weight is 353 g/mol. The number of benzene rings is 1. The summed E-state index contributed by atoms with van der Waals surface area (Å²) < 4.78 is 0. The van der Waals surface area contributed by atoms with Crippen LogP contribution < -0.4 is 0 Å². The van der Waals surface area contributed by atoms with Crippen molar-refractivity contribution in [2.75, 3.05) is 0 Å². The molecule has 2 nitrogen and oxygen atoms in total. The maximum Gasteiger partial charge on any atom is 0.124 e. The summed E-state index contributed by atoms with van der Waals surface area (Å²) in [4.78, 5) is 8.77. The Kier molecular flexibility index (Phi) is 3.39. The highest BCUT2D eigenvalue weighted by atomic mass is 32.2. The quantitative estimate of drug-likeness (QED) is 0.635. The molecule has 2 aromatic rings. The van der Waals surface area contributed by atoms with E-state index in [9.17, 15) is 0 Å². The van der Waals surface area contributed by atoms with Crippen LogP contribution in [0.15, 0.2) is 34.7 Å². The molecule has 3 heterocycles. The Balaban J connectivity index is 1.53. The fourth-order valence-corrected chi connectivity index (χ4v) is 6.54. The largest absolute Gasteiger partial charge is 0.314 e. The van der Waals surface area contributed by atoms with Crippen molar-refractivity contribution in [3.05, 3.63) is 56.8 Å². The van der Waals surface area contributed by atoms with Gasteiger partial charge < -0.3 is 4.90 Å². The molecular formula is C20H20N2S2. The Bertz CT molecular complexity index is 861. The van der Waals surface area contributed by atoms with Crippen LogP contribution in [0.2, 0.25) is 0 Å². The van der Waals surface area contributed by atoms with Crippen LogP contribution in [-0.4, -0.2) is 11.2 Å². The van der Waals surface area contributed by atoms with Crippen molar-refractivity contribution in [1.29, 1.82) is 0 Å². The predicted octanol–water partition coefficient (Wildman–Crippen LogP) is 5.90. The van der Waals surface area contributed by atoms with Crippen molar-refractivity contribution in [3.63, 3.8) is 0 Å².